The standard InChI is InChI=1S/C22H26N4S/c1-4-11-23-21-18-14-16(2)9-10-19(18)24-22(25-21)26-12-13-27(3)20-8-6-5-7-17(20)15-26/h5-10,14H,3-4,11-13,15H2,1-2H3,(H,23,24,25). The van der Waals surface area contributed by atoms with E-state index in [0.29, 0.717) is 0 Å². The minimum absolute atomic E-state index is 0.0198. The predicted octanol–water partition coefficient (Wildman–Crippen LogP) is 4.84. The summed E-state index contributed by atoms with van der Waals surface area (Å²) in [6, 6.07) is 15.0. The second kappa shape index (κ2) is 7.69. The maximum Gasteiger partial charge on any atom is 0.228 e. The highest BCUT2D eigenvalue weighted by molar-refractivity contribution is 8.14. The second-order valence-corrected chi connectivity index (χ2v) is 8.88. The van der Waals surface area contributed by atoms with Gasteiger partial charge < -0.3 is 10.2 Å². The molecular formula is C22H26N4S. The van der Waals surface area contributed by atoms with E-state index in [-0.39, 0.29) is 10.5 Å². The largest absolute Gasteiger partial charge is 0.369 e. The molecule has 0 saturated heterocycles. The summed E-state index contributed by atoms with van der Waals surface area (Å²) in [6.07, 6.45) is 1.06. The first kappa shape index (κ1) is 18.0. The molecule has 1 unspecified atom stereocenters. The van der Waals surface area contributed by atoms with Gasteiger partial charge in [0, 0.05) is 35.7 Å². The average molecular weight is 379 g/mol. The molecule has 1 aliphatic heterocycles. The Morgan fingerprint density at radius 3 is 2.89 bits per heavy atom. The maximum atomic E-state index is 4.93. The third-order valence-corrected chi connectivity index (χ3v) is 6.61. The van der Waals surface area contributed by atoms with Gasteiger partial charge in [-0.05, 0) is 37.1 Å². The van der Waals surface area contributed by atoms with Crippen molar-refractivity contribution in [2.45, 2.75) is 31.7 Å². The van der Waals surface area contributed by atoms with Crippen LogP contribution in [0, 0.1) is 6.92 Å². The molecule has 0 aliphatic carbocycles. The first-order chi connectivity index (χ1) is 13.2. The van der Waals surface area contributed by atoms with Crippen LogP contribution in [-0.2, 0) is 6.54 Å². The number of hydrogen-bond donors (Lipinski definition) is 1. The van der Waals surface area contributed by atoms with Gasteiger partial charge in [0.1, 0.15) is 5.82 Å². The van der Waals surface area contributed by atoms with Crippen LogP contribution < -0.4 is 10.2 Å². The maximum absolute atomic E-state index is 4.93. The van der Waals surface area contributed by atoms with E-state index >= 15 is 0 Å². The Labute approximate surface area is 163 Å². The van der Waals surface area contributed by atoms with Crippen molar-refractivity contribution >= 4 is 39.0 Å². The van der Waals surface area contributed by atoms with Gasteiger partial charge in [0.15, 0.2) is 0 Å². The number of aromatic nitrogens is 2. The number of nitrogens with zero attached hydrogens (tertiary/aromatic N) is 3. The molecule has 4 nitrogen and oxygen atoms in total. The highest BCUT2D eigenvalue weighted by Gasteiger charge is 2.19. The van der Waals surface area contributed by atoms with Crippen LogP contribution in [0.5, 0.6) is 0 Å². The van der Waals surface area contributed by atoms with Crippen LogP contribution in [0.3, 0.4) is 0 Å². The average Bonchev–Trinajstić information content (AvgIpc) is 2.85. The Bertz CT molecular complexity index is 999. The molecule has 2 aromatic carbocycles. The summed E-state index contributed by atoms with van der Waals surface area (Å²) in [6.45, 7) is 6.94. The number of rotatable bonds is 4. The number of aryl methyl sites for hydroxylation is 1. The van der Waals surface area contributed by atoms with Crippen LogP contribution in [0.4, 0.5) is 11.8 Å². The highest BCUT2D eigenvalue weighted by atomic mass is 32.2. The van der Waals surface area contributed by atoms with Crippen LogP contribution in [-0.4, -0.2) is 34.7 Å². The van der Waals surface area contributed by atoms with Gasteiger partial charge in [0.05, 0.1) is 5.52 Å². The summed E-state index contributed by atoms with van der Waals surface area (Å²) in [7, 11) is 0.0198. The molecule has 5 heteroatoms. The van der Waals surface area contributed by atoms with E-state index in [4.69, 9.17) is 9.97 Å². The van der Waals surface area contributed by atoms with Crippen molar-refractivity contribution in [3.8, 4) is 0 Å². The molecular weight excluding hydrogens is 352 g/mol. The zero-order chi connectivity index (χ0) is 18.8. The van der Waals surface area contributed by atoms with Gasteiger partial charge >= 0.3 is 0 Å². The normalized spacial score (nSPS) is 16.8. The number of hydrogen-bond acceptors (Lipinski definition) is 4. The summed E-state index contributed by atoms with van der Waals surface area (Å²) in [5.41, 5.74) is 3.56. The lowest BCUT2D eigenvalue weighted by Gasteiger charge is -2.22. The van der Waals surface area contributed by atoms with Gasteiger partial charge in [-0.2, -0.15) is 15.5 Å². The lowest BCUT2D eigenvalue weighted by molar-refractivity contribution is 0.799. The van der Waals surface area contributed by atoms with Gasteiger partial charge in [0.25, 0.3) is 0 Å². The molecule has 27 heavy (non-hydrogen) atoms. The van der Waals surface area contributed by atoms with Gasteiger partial charge in [-0.15, -0.1) is 0 Å². The van der Waals surface area contributed by atoms with Crippen molar-refractivity contribution in [2.24, 2.45) is 0 Å². The van der Waals surface area contributed by atoms with Crippen LogP contribution in [0.1, 0.15) is 24.5 Å². The second-order valence-electron chi connectivity index (χ2n) is 7.05. The lowest BCUT2D eigenvalue weighted by Crippen LogP contribution is -2.26. The Morgan fingerprint density at radius 2 is 2.04 bits per heavy atom. The molecule has 0 saturated carbocycles. The van der Waals surface area contributed by atoms with Crippen molar-refractivity contribution in [2.75, 3.05) is 29.1 Å². The van der Waals surface area contributed by atoms with Crippen LogP contribution in [0.2, 0.25) is 0 Å². The molecule has 1 N–H and O–H groups in total. The van der Waals surface area contributed by atoms with Crippen LogP contribution in [0.15, 0.2) is 47.4 Å². The quantitative estimate of drug-likeness (QED) is 0.660. The zero-order valence-corrected chi connectivity index (χ0v) is 16.9. The SMILES string of the molecule is C=S1CCN(c2nc(NCCC)c3cc(C)ccc3n2)Cc2ccccc21. The molecule has 3 aromatic rings. The van der Waals surface area contributed by atoms with Gasteiger partial charge in [0.2, 0.25) is 5.95 Å². The van der Waals surface area contributed by atoms with E-state index in [1.165, 1.54) is 16.0 Å². The Kier molecular flexibility index (Phi) is 5.12. The smallest absolute Gasteiger partial charge is 0.228 e. The molecule has 1 atom stereocenters. The van der Waals surface area contributed by atoms with Gasteiger partial charge in [-0.25, -0.2) is 4.98 Å². The lowest BCUT2D eigenvalue weighted by atomic mass is 10.1. The molecule has 140 valence electrons. The minimum Gasteiger partial charge on any atom is -0.369 e. The van der Waals surface area contributed by atoms with E-state index < -0.39 is 0 Å². The van der Waals surface area contributed by atoms with E-state index in [2.05, 4.69) is 72.4 Å². The molecule has 0 amide bonds. The molecule has 1 aromatic heterocycles. The number of nitrogens with one attached hydrogen (secondary N) is 1. The van der Waals surface area contributed by atoms with Gasteiger partial charge in [-0.3, -0.25) is 0 Å². The Morgan fingerprint density at radius 1 is 1.19 bits per heavy atom. The van der Waals surface area contributed by atoms with E-state index in [1.807, 2.05) is 0 Å². The fraction of sp³-hybridized carbons (Fsp3) is 0.318. The van der Waals surface area contributed by atoms with E-state index in [9.17, 15) is 0 Å². The molecule has 0 fully saturated rings. The summed E-state index contributed by atoms with van der Waals surface area (Å²) < 4.78 is 0. The van der Waals surface area contributed by atoms with E-state index in [0.717, 1.165) is 54.5 Å². The Balaban J connectivity index is 1.77. The summed E-state index contributed by atoms with van der Waals surface area (Å²) in [5, 5.41) is 4.60. The molecule has 0 radical (unpaired) electrons. The monoisotopic (exact) mass is 378 g/mol. The fourth-order valence-corrected chi connectivity index (χ4v) is 4.89. The fourth-order valence-electron chi connectivity index (χ4n) is 3.45. The van der Waals surface area contributed by atoms with Crippen molar-refractivity contribution in [1.29, 1.82) is 0 Å². The number of benzene rings is 2. The predicted molar refractivity (Wildman–Crippen MR) is 118 cm³/mol. The first-order valence-corrected chi connectivity index (χ1v) is 11.1. The molecule has 4 rings (SSSR count). The summed E-state index contributed by atoms with van der Waals surface area (Å²) in [5.74, 6) is 7.17. The third kappa shape index (κ3) is 3.69. The first-order valence-electron chi connectivity index (χ1n) is 9.51. The summed E-state index contributed by atoms with van der Waals surface area (Å²) in [4.78, 5) is 13.5. The van der Waals surface area contributed by atoms with Crippen LogP contribution in [0.25, 0.3) is 10.9 Å². The zero-order valence-electron chi connectivity index (χ0n) is 16.0. The molecule has 1 aliphatic rings. The summed E-state index contributed by atoms with van der Waals surface area (Å²) >= 11 is 0. The minimum atomic E-state index is 0.0198. The number of fused-ring (bicyclic) bond motifs is 2. The molecule has 0 spiro atoms. The van der Waals surface area contributed by atoms with Crippen LogP contribution >= 0.6 is 10.5 Å². The van der Waals surface area contributed by atoms with Crippen molar-refractivity contribution in [1.82, 2.24) is 9.97 Å². The highest BCUT2D eigenvalue weighted by Crippen LogP contribution is 2.33. The molecule has 0 bridgehead atoms. The molecule has 2 heterocycles. The number of anilines is 2. The van der Waals surface area contributed by atoms with E-state index in [1.54, 1.807) is 0 Å². The van der Waals surface area contributed by atoms with Crippen molar-refractivity contribution in [3.05, 3.63) is 53.6 Å². The van der Waals surface area contributed by atoms with Gasteiger partial charge in [-0.1, -0.05) is 42.6 Å². The third-order valence-electron chi connectivity index (χ3n) is 4.92. The topological polar surface area (TPSA) is 41.1 Å². The van der Waals surface area contributed by atoms with Crippen molar-refractivity contribution < 1.29 is 0 Å². The van der Waals surface area contributed by atoms with Crippen molar-refractivity contribution in [3.63, 3.8) is 0 Å². The Hall–Kier alpha value is -2.40.